The molecule has 0 aliphatic heterocycles. The molecule has 0 fully saturated rings. The molecule has 0 spiro atoms. The molecule has 0 aliphatic carbocycles. The zero-order valence-corrected chi connectivity index (χ0v) is 14.5. The van der Waals surface area contributed by atoms with Crippen LogP contribution in [0.2, 0.25) is 0 Å². The molecule has 1 aromatic rings. The van der Waals surface area contributed by atoms with Crippen LogP contribution in [0.25, 0.3) is 0 Å². The molecule has 3 nitrogen and oxygen atoms in total. The molecule has 7 heteroatoms. The van der Waals surface area contributed by atoms with Gasteiger partial charge in [0, 0.05) is 11.9 Å². The lowest BCUT2D eigenvalue weighted by atomic mass is 10.0. The van der Waals surface area contributed by atoms with Crippen molar-refractivity contribution in [2.45, 2.75) is 51.0 Å². The van der Waals surface area contributed by atoms with E-state index in [-0.39, 0.29) is 11.8 Å². The maximum absolute atomic E-state index is 12.3. The van der Waals surface area contributed by atoms with Crippen LogP contribution in [0, 0.1) is 0 Å². The summed E-state index contributed by atoms with van der Waals surface area (Å²) in [5.41, 5.74) is 0.751. The van der Waals surface area contributed by atoms with Crippen LogP contribution in [-0.2, 0) is 11.0 Å². The van der Waals surface area contributed by atoms with E-state index in [1.807, 2.05) is 20.8 Å². The van der Waals surface area contributed by atoms with Crippen molar-refractivity contribution in [1.29, 1.82) is 0 Å². The van der Waals surface area contributed by atoms with Gasteiger partial charge in [0.2, 0.25) is 0 Å². The molecule has 0 unspecified atom stereocenters. The fourth-order valence-electron chi connectivity index (χ4n) is 1.79. The summed E-state index contributed by atoms with van der Waals surface area (Å²) in [6.45, 7) is 2.73. The Kier molecular flexibility index (Phi) is 7.72. The molecule has 1 rings (SSSR count). The number of rotatable bonds is 8. The first kappa shape index (κ1) is 19.3. The predicted octanol–water partition coefficient (Wildman–Crippen LogP) is 4.40. The van der Waals surface area contributed by atoms with E-state index in [0.29, 0.717) is 12.3 Å². The summed E-state index contributed by atoms with van der Waals surface area (Å²) in [5.74, 6) is 0.569. The monoisotopic (exact) mass is 353 g/mol. The summed E-state index contributed by atoms with van der Waals surface area (Å²) in [4.78, 5) is 0. The molecule has 0 aromatic heterocycles. The quantitative estimate of drug-likeness (QED) is 0.703. The average Bonchev–Trinajstić information content (AvgIpc) is 2.41. The standard InChI is InChI=1S/C15H22ClF2NO2S/c1-15(2,3)22(20)19-13(8-5-9-16)11-6-4-7-12(10-11)21-14(17)18/h4,6-7,10,13-14,19H,5,8-9H2,1-3H3/t13-,22-/m1/s1. The lowest BCUT2D eigenvalue weighted by molar-refractivity contribution is -0.0499. The Morgan fingerprint density at radius 3 is 2.59 bits per heavy atom. The largest absolute Gasteiger partial charge is 0.435 e. The lowest BCUT2D eigenvalue weighted by Crippen LogP contribution is -2.35. The van der Waals surface area contributed by atoms with E-state index in [9.17, 15) is 13.0 Å². The highest BCUT2D eigenvalue weighted by molar-refractivity contribution is 7.84. The van der Waals surface area contributed by atoms with Crippen molar-refractivity contribution >= 4 is 22.6 Å². The van der Waals surface area contributed by atoms with Crippen LogP contribution < -0.4 is 9.46 Å². The second-order valence-corrected chi connectivity index (χ2v) is 8.21. The van der Waals surface area contributed by atoms with Gasteiger partial charge >= 0.3 is 6.61 Å². The highest BCUT2D eigenvalue weighted by Crippen LogP contribution is 2.26. The molecule has 22 heavy (non-hydrogen) atoms. The van der Waals surface area contributed by atoms with Crippen molar-refractivity contribution in [1.82, 2.24) is 4.72 Å². The molecular formula is C15H22ClF2NO2S. The predicted molar refractivity (Wildman–Crippen MR) is 86.8 cm³/mol. The third kappa shape index (κ3) is 6.58. The van der Waals surface area contributed by atoms with Gasteiger partial charge in [-0.05, 0) is 51.3 Å². The van der Waals surface area contributed by atoms with E-state index in [4.69, 9.17) is 11.6 Å². The molecule has 0 amide bonds. The van der Waals surface area contributed by atoms with Gasteiger partial charge in [-0.3, -0.25) is 0 Å². The van der Waals surface area contributed by atoms with Crippen LogP contribution in [0.3, 0.4) is 0 Å². The van der Waals surface area contributed by atoms with Crippen molar-refractivity contribution in [3.05, 3.63) is 29.8 Å². The number of hydrogen-bond acceptors (Lipinski definition) is 2. The minimum Gasteiger partial charge on any atom is -0.435 e. The van der Waals surface area contributed by atoms with Crippen LogP contribution in [0.15, 0.2) is 24.3 Å². The van der Waals surface area contributed by atoms with E-state index >= 15 is 0 Å². The van der Waals surface area contributed by atoms with Gasteiger partial charge in [0.25, 0.3) is 0 Å². The van der Waals surface area contributed by atoms with E-state index in [0.717, 1.165) is 12.0 Å². The summed E-state index contributed by atoms with van der Waals surface area (Å²) >= 11 is 5.73. The Labute approximate surface area is 138 Å². The first-order valence-corrected chi connectivity index (χ1v) is 8.71. The highest BCUT2D eigenvalue weighted by Gasteiger charge is 2.23. The van der Waals surface area contributed by atoms with Gasteiger partial charge in [-0.25, -0.2) is 8.93 Å². The van der Waals surface area contributed by atoms with Gasteiger partial charge in [0.15, 0.2) is 0 Å². The topological polar surface area (TPSA) is 38.3 Å². The molecule has 0 heterocycles. The third-order valence-electron chi connectivity index (χ3n) is 2.92. The maximum atomic E-state index is 12.3. The van der Waals surface area contributed by atoms with Crippen LogP contribution in [0.5, 0.6) is 5.75 Å². The minimum atomic E-state index is -2.87. The number of ether oxygens (including phenoxy) is 1. The molecule has 0 radical (unpaired) electrons. The Morgan fingerprint density at radius 1 is 1.36 bits per heavy atom. The average molecular weight is 354 g/mol. The molecule has 0 bridgehead atoms. The summed E-state index contributed by atoms with van der Waals surface area (Å²) in [6.07, 6.45) is 1.38. The number of nitrogens with one attached hydrogen (secondary N) is 1. The van der Waals surface area contributed by atoms with Crippen LogP contribution in [0.4, 0.5) is 8.78 Å². The van der Waals surface area contributed by atoms with E-state index < -0.39 is 22.3 Å². The third-order valence-corrected chi connectivity index (χ3v) is 4.80. The Hall–Kier alpha value is -0.720. The Morgan fingerprint density at radius 2 is 2.05 bits per heavy atom. The molecular weight excluding hydrogens is 332 g/mol. The molecule has 0 aliphatic rings. The number of benzene rings is 1. The Bertz CT molecular complexity index is 495. The summed E-state index contributed by atoms with van der Waals surface area (Å²) in [5, 5.41) is 0. The van der Waals surface area contributed by atoms with Crippen LogP contribution in [0.1, 0.15) is 45.2 Å². The number of alkyl halides is 3. The first-order chi connectivity index (χ1) is 10.2. The number of hydrogen-bond donors (Lipinski definition) is 1. The fraction of sp³-hybridized carbons (Fsp3) is 0.600. The maximum Gasteiger partial charge on any atom is 0.387 e. The second-order valence-electron chi connectivity index (χ2n) is 5.83. The molecule has 1 N–H and O–H groups in total. The van der Waals surface area contributed by atoms with E-state index in [1.165, 1.54) is 12.1 Å². The van der Waals surface area contributed by atoms with Gasteiger partial charge < -0.3 is 4.74 Å². The molecule has 2 atom stereocenters. The second kappa shape index (κ2) is 8.79. The fourth-order valence-corrected chi connectivity index (χ4v) is 2.81. The summed E-state index contributed by atoms with van der Waals surface area (Å²) in [7, 11) is -1.27. The minimum absolute atomic E-state index is 0.0896. The van der Waals surface area contributed by atoms with Crippen LogP contribution >= 0.6 is 11.6 Å². The SMILES string of the molecule is CC(C)(C)[S@@](=O)N[C@H](CCCCl)c1cccc(OC(F)F)c1. The van der Waals surface area contributed by atoms with Crippen molar-refractivity contribution in [2.75, 3.05) is 5.88 Å². The summed E-state index contributed by atoms with van der Waals surface area (Å²) in [6, 6.07) is 6.21. The molecule has 0 saturated heterocycles. The van der Waals surface area contributed by atoms with Crippen molar-refractivity contribution in [3.63, 3.8) is 0 Å². The summed E-state index contributed by atoms with van der Waals surface area (Å²) < 4.78 is 44.0. The lowest BCUT2D eigenvalue weighted by Gasteiger charge is -2.24. The zero-order valence-electron chi connectivity index (χ0n) is 12.9. The van der Waals surface area contributed by atoms with Gasteiger partial charge in [-0.1, -0.05) is 12.1 Å². The number of halogens is 3. The van der Waals surface area contributed by atoms with Gasteiger partial charge in [-0.15, -0.1) is 11.6 Å². The van der Waals surface area contributed by atoms with E-state index in [1.54, 1.807) is 12.1 Å². The van der Waals surface area contributed by atoms with Crippen molar-refractivity contribution in [3.8, 4) is 5.75 Å². The molecule has 126 valence electrons. The van der Waals surface area contributed by atoms with Gasteiger partial charge in [0.05, 0.1) is 15.7 Å². The Balaban J connectivity index is 2.93. The van der Waals surface area contributed by atoms with Gasteiger partial charge in [-0.2, -0.15) is 8.78 Å². The van der Waals surface area contributed by atoms with Gasteiger partial charge in [0.1, 0.15) is 5.75 Å². The first-order valence-electron chi connectivity index (χ1n) is 7.03. The zero-order chi connectivity index (χ0) is 16.8. The highest BCUT2D eigenvalue weighted by atomic mass is 35.5. The van der Waals surface area contributed by atoms with E-state index in [2.05, 4.69) is 9.46 Å². The van der Waals surface area contributed by atoms with Crippen LogP contribution in [-0.4, -0.2) is 21.4 Å². The molecule has 1 aromatic carbocycles. The smallest absolute Gasteiger partial charge is 0.387 e. The molecule has 0 saturated carbocycles. The van der Waals surface area contributed by atoms with Crippen molar-refractivity contribution in [2.24, 2.45) is 0 Å². The normalized spacial score (nSPS) is 14.9. The van der Waals surface area contributed by atoms with Crippen molar-refractivity contribution < 1.29 is 17.7 Å².